The maximum atomic E-state index is 12.5. The maximum Gasteiger partial charge on any atom is 0.242 e. The van der Waals surface area contributed by atoms with E-state index in [9.17, 15) is 4.79 Å². The van der Waals surface area contributed by atoms with Crippen molar-refractivity contribution >= 4 is 5.91 Å². The van der Waals surface area contributed by atoms with Gasteiger partial charge in [0.05, 0.1) is 7.11 Å². The summed E-state index contributed by atoms with van der Waals surface area (Å²) >= 11 is 0. The molecule has 4 rings (SSSR count). The van der Waals surface area contributed by atoms with Crippen molar-refractivity contribution in [2.24, 2.45) is 0 Å². The number of fused-ring (bicyclic) bond motifs is 1. The number of benzene rings is 1. The van der Waals surface area contributed by atoms with Crippen LogP contribution in [0.1, 0.15) is 49.8 Å². The number of likely N-dealkylation sites (tertiary alicyclic amines) is 1. The highest BCUT2D eigenvalue weighted by Crippen LogP contribution is 2.29. The smallest absolute Gasteiger partial charge is 0.242 e. The van der Waals surface area contributed by atoms with Crippen molar-refractivity contribution in [2.75, 3.05) is 20.2 Å². The summed E-state index contributed by atoms with van der Waals surface area (Å²) in [5.74, 6) is 2.96. The summed E-state index contributed by atoms with van der Waals surface area (Å²) in [6, 6.07) is 8.25. The van der Waals surface area contributed by atoms with Gasteiger partial charge in [-0.2, -0.15) is 5.10 Å². The molecule has 7 heteroatoms. The van der Waals surface area contributed by atoms with E-state index >= 15 is 0 Å². The minimum absolute atomic E-state index is 0.0440. The molecule has 0 aliphatic carbocycles. The van der Waals surface area contributed by atoms with E-state index in [2.05, 4.69) is 41.3 Å². The SMILES string of the molecule is COc1ccc(CN2CCC3(CC2)Cc2nc(C(C)C)nn2CC(=O)N3)cc1. The molecule has 0 saturated carbocycles. The van der Waals surface area contributed by atoms with E-state index in [4.69, 9.17) is 9.72 Å². The zero-order valence-corrected chi connectivity index (χ0v) is 16.9. The summed E-state index contributed by atoms with van der Waals surface area (Å²) in [7, 11) is 1.69. The van der Waals surface area contributed by atoms with Gasteiger partial charge in [0.2, 0.25) is 5.91 Å². The lowest BCUT2D eigenvalue weighted by molar-refractivity contribution is -0.123. The van der Waals surface area contributed by atoms with Crippen molar-refractivity contribution < 1.29 is 9.53 Å². The van der Waals surface area contributed by atoms with Gasteiger partial charge in [0.15, 0.2) is 5.82 Å². The molecule has 3 heterocycles. The predicted octanol–water partition coefficient (Wildman–Crippen LogP) is 2.12. The number of amides is 1. The lowest BCUT2D eigenvalue weighted by Crippen LogP contribution is -2.56. The van der Waals surface area contributed by atoms with Crippen LogP contribution in [0.4, 0.5) is 0 Å². The van der Waals surface area contributed by atoms with Crippen LogP contribution in [-0.4, -0.2) is 51.3 Å². The van der Waals surface area contributed by atoms with Crippen LogP contribution in [0, 0.1) is 0 Å². The standard InChI is InChI=1S/C21H29N5O2/c1-15(2)20-22-18-12-21(23-19(27)14-26(18)24-20)8-10-25(11-9-21)13-16-4-6-17(28-3)7-5-16/h4-7,15H,8-14H2,1-3H3,(H,23,27). The van der Waals surface area contributed by atoms with Crippen molar-refractivity contribution in [1.82, 2.24) is 25.0 Å². The van der Waals surface area contributed by atoms with Crippen LogP contribution in [0.2, 0.25) is 0 Å². The number of carbonyl (C=O) groups is 1. The average Bonchev–Trinajstić information content (AvgIpc) is 3.01. The summed E-state index contributed by atoms with van der Waals surface area (Å²) in [5.41, 5.74) is 1.08. The molecule has 1 N–H and O–H groups in total. The van der Waals surface area contributed by atoms with Crippen molar-refractivity contribution in [2.45, 2.75) is 57.7 Å². The van der Waals surface area contributed by atoms with Gasteiger partial charge in [0, 0.05) is 37.5 Å². The number of nitrogens with one attached hydrogen (secondary N) is 1. The quantitative estimate of drug-likeness (QED) is 0.876. The van der Waals surface area contributed by atoms with Crippen LogP contribution < -0.4 is 10.1 Å². The van der Waals surface area contributed by atoms with Gasteiger partial charge in [-0.3, -0.25) is 9.69 Å². The predicted molar refractivity (Wildman–Crippen MR) is 106 cm³/mol. The topological polar surface area (TPSA) is 72.3 Å². The Morgan fingerprint density at radius 3 is 2.57 bits per heavy atom. The van der Waals surface area contributed by atoms with E-state index in [0.29, 0.717) is 0 Å². The molecule has 2 aliphatic rings. The number of nitrogens with zero attached hydrogens (tertiary/aromatic N) is 4. The molecule has 2 aliphatic heterocycles. The summed E-state index contributed by atoms with van der Waals surface area (Å²) in [4.78, 5) is 19.7. The van der Waals surface area contributed by atoms with Crippen LogP contribution in [0.3, 0.4) is 0 Å². The molecule has 1 saturated heterocycles. The molecule has 2 aromatic rings. The second kappa shape index (κ2) is 7.54. The lowest BCUT2D eigenvalue weighted by atomic mass is 9.84. The summed E-state index contributed by atoms with van der Waals surface area (Å²) in [6.07, 6.45) is 2.62. The molecule has 0 atom stereocenters. The third kappa shape index (κ3) is 3.90. The fraction of sp³-hybridized carbons (Fsp3) is 0.571. The Bertz CT molecular complexity index is 835. The molecule has 1 amide bonds. The molecule has 0 radical (unpaired) electrons. The Morgan fingerprint density at radius 2 is 1.93 bits per heavy atom. The van der Waals surface area contributed by atoms with Crippen molar-refractivity contribution in [3.63, 3.8) is 0 Å². The second-order valence-electron chi connectivity index (χ2n) is 8.33. The minimum Gasteiger partial charge on any atom is -0.497 e. The minimum atomic E-state index is -0.205. The van der Waals surface area contributed by atoms with Crippen molar-refractivity contribution in [1.29, 1.82) is 0 Å². The second-order valence-corrected chi connectivity index (χ2v) is 8.33. The Morgan fingerprint density at radius 1 is 1.21 bits per heavy atom. The van der Waals surface area contributed by atoms with Gasteiger partial charge in [0.25, 0.3) is 0 Å². The van der Waals surface area contributed by atoms with Crippen LogP contribution in [-0.2, 0) is 24.3 Å². The molecule has 1 aromatic carbocycles. The van der Waals surface area contributed by atoms with E-state index in [1.807, 2.05) is 12.1 Å². The fourth-order valence-electron chi connectivity index (χ4n) is 4.14. The molecule has 1 fully saturated rings. The Hall–Kier alpha value is -2.41. The number of methoxy groups -OCH3 is 1. The molecular formula is C21H29N5O2. The van der Waals surface area contributed by atoms with E-state index in [0.717, 1.165) is 56.3 Å². The molecule has 1 aromatic heterocycles. The molecule has 0 bridgehead atoms. The van der Waals surface area contributed by atoms with Gasteiger partial charge < -0.3 is 10.1 Å². The van der Waals surface area contributed by atoms with Gasteiger partial charge in [-0.1, -0.05) is 26.0 Å². The monoisotopic (exact) mass is 383 g/mol. The average molecular weight is 383 g/mol. The highest BCUT2D eigenvalue weighted by atomic mass is 16.5. The summed E-state index contributed by atoms with van der Waals surface area (Å²) in [6.45, 7) is 7.27. The Balaban J connectivity index is 1.43. The Labute approximate surface area is 166 Å². The number of aromatic nitrogens is 3. The Kier molecular flexibility index (Phi) is 5.10. The van der Waals surface area contributed by atoms with Crippen LogP contribution in [0.15, 0.2) is 24.3 Å². The first-order chi connectivity index (χ1) is 13.5. The maximum absolute atomic E-state index is 12.5. The third-order valence-corrected chi connectivity index (χ3v) is 5.85. The zero-order chi connectivity index (χ0) is 19.7. The molecular weight excluding hydrogens is 354 g/mol. The van der Waals surface area contributed by atoms with Crippen LogP contribution in [0.5, 0.6) is 5.75 Å². The first kappa shape index (κ1) is 18.9. The highest BCUT2D eigenvalue weighted by molar-refractivity contribution is 5.77. The molecule has 28 heavy (non-hydrogen) atoms. The molecule has 1 spiro atoms. The number of piperidine rings is 1. The van der Waals surface area contributed by atoms with Gasteiger partial charge in [-0.05, 0) is 30.5 Å². The van der Waals surface area contributed by atoms with Crippen molar-refractivity contribution in [3.05, 3.63) is 41.5 Å². The number of carbonyl (C=O) groups excluding carboxylic acids is 1. The van der Waals surface area contributed by atoms with Gasteiger partial charge in [-0.15, -0.1) is 0 Å². The van der Waals surface area contributed by atoms with E-state index in [1.165, 1.54) is 5.56 Å². The van der Waals surface area contributed by atoms with E-state index in [-0.39, 0.29) is 23.9 Å². The molecule has 0 unspecified atom stereocenters. The zero-order valence-electron chi connectivity index (χ0n) is 16.9. The van der Waals surface area contributed by atoms with E-state index in [1.54, 1.807) is 11.8 Å². The summed E-state index contributed by atoms with van der Waals surface area (Å²) in [5, 5.41) is 7.84. The number of ether oxygens (including phenoxy) is 1. The van der Waals surface area contributed by atoms with Gasteiger partial charge >= 0.3 is 0 Å². The summed E-state index contributed by atoms with van der Waals surface area (Å²) < 4.78 is 7.03. The van der Waals surface area contributed by atoms with Crippen LogP contribution in [0.25, 0.3) is 0 Å². The normalized spacial score (nSPS) is 19.4. The molecule has 150 valence electrons. The van der Waals surface area contributed by atoms with Crippen LogP contribution >= 0.6 is 0 Å². The number of rotatable bonds is 4. The highest BCUT2D eigenvalue weighted by Gasteiger charge is 2.39. The fourth-order valence-corrected chi connectivity index (χ4v) is 4.14. The number of hydrogen-bond donors (Lipinski definition) is 1. The lowest BCUT2D eigenvalue weighted by Gasteiger charge is -2.41. The van der Waals surface area contributed by atoms with Gasteiger partial charge in [0.1, 0.15) is 18.1 Å². The van der Waals surface area contributed by atoms with Gasteiger partial charge in [-0.25, -0.2) is 9.67 Å². The van der Waals surface area contributed by atoms with E-state index < -0.39 is 0 Å². The first-order valence-electron chi connectivity index (χ1n) is 10.1. The third-order valence-electron chi connectivity index (χ3n) is 5.85. The molecule has 7 nitrogen and oxygen atoms in total. The number of hydrogen-bond acceptors (Lipinski definition) is 5. The first-order valence-corrected chi connectivity index (χ1v) is 10.1. The van der Waals surface area contributed by atoms with Crippen molar-refractivity contribution in [3.8, 4) is 5.75 Å². The largest absolute Gasteiger partial charge is 0.497 e.